The van der Waals surface area contributed by atoms with Gasteiger partial charge in [-0.15, -0.1) is 0 Å². The van der Waals surface area contributed by atoms with Gasteiger partial charge in [0.15, 0.2) is 0 Å². The fourth-order valence-electron chi connectivity index (χ4n) is 3.58. The van der Waals surface area contributed by atoms with Gasteiger partial charge >= 0.3 is 5.97 Å². The van der Waals surface area contributed by atoms with E-state index in [9.17, 15) is 9.90 Å². The van der Waals surface area contributed by atoms with Crippen LogP contribution in [0.25, 0.3) is 0 Å². The van der Waals surface area contributed by atoms with Crippen LogP contribution in [0, 0.1) is 5.92 Å². The average Bonchev–Trinajstić information content (AvgIpc) is 2.89. The molecule has 5 atom stereocenters. The Balaban J connectivity index is 0. The maximum atomic E-state index is 10.9. The molecule has 0 aromatic heterocycles. The van der Waals surface area contributed by atoms with E-state index in [-0.39, 0.29) is 12.5 Å². The van der Waals surface area contributed by atoms with Crippen molar-refractivity contribution >= 4 is 5.97 Å². The molecule has 0 aliphatic heterocycles. The van der Waals surface area contributed by atoms with Gasteiger partial charge in [0.2, 0.25) is 0 Å². The Hall–Kier alpha value is -1.55. The zero-order valence-corrected chi connectivity index (χ0v) is 23.3. The quantitative estimate of drug-likeness (QED) is 0.0828. The summed E-state index contributed by atoms with van der Waals surface area (Å²) in [5.74, 6) is -0.761. The highest BCUT2D eigenvalue weighted by atomic mass is 16.4. The molecular formula is C29H55NO7. The molecular weight excluding hydrogens is 474 g/mol. The number of carboxylic acids is 1. The summed E-state index contributed by atoms with van der Waals surface area (Å²) in [7, 11) is 1.57. The number of carboxylic acid groups (broad SMARTS) is 1. The highest BCUT2D eigenvalue weighted by Crippen LogP contribution is 2.15. The molecule has 0 rings (SSSR count). The first kappa shape index (κ1) is 37.6. The summed E-state index contributed by atoms with van der Waals surface area (Å²) in [4.78, 5) is 10.9. The van der Waals surface area contributed by atoms with Gasteiger partial charge in [-0.25, -0.2) is 0 Å². The molecule has 0 amide bonds. The second kappa shape index (κ2) is 27.5. The molecule has 8 heteroatoms. The standard InChI is InChI=1S/C22H38O2.C7H17NO5/c1-3-5-6-7-8-9-10-11-12-13-14-15-16-17-18-19-20-21(4-2)22(23)24;1-8-2-4(10)6(12)7(13)5(11)3-9/h5-6,8-9,11-12,21H,3-4,7,10,13-20H2,1-2H3,(H,23,24);4-13H,2-3H2,1H3/b6-5-,9-8-,12-11-;/t;4-,5+,6+,7+/m.0/s1. The molecule has 0 aromatic carbocycles. The molecule has 0 aromatic rings. The Morgan fingerprint density at radius 1 is 0.757 bits per heavy atom. The summed E-state index contributed by atoms with van der Waals surface area (Å²) in [6, 6.07) is 0. The smallest absolute Gasteiger partial charge is 0.306 e. The van der Waals surface area contributed by atoms with Crippen LogP contribution in [0.2, 0.25) is 0 Å². The van der Waals surface area contributed by atoms with E-state index in [4.69, 9.17) is 25.5 Å². The molecule has 0 bridgehead atoms. The molecule has 7 N–H and O–H groups in total. The molecule has 0 spiro atoms. The number of unbranched alkanes of at least 4 members (excludes halogenated alkanes) is 6. The van der Waals surface area contributed by atoms with Crippen molar-refractivity contribution in [3.8, 4) is 0 Å². The number of hydrogen-bond acceptors (Lipinski definition) is 7. The SMILES string of the molecule is CC/C=C\C/C=C\C/C=C\CCCCCCCCC(CC)C(=O)O.CNC[C@H](O)[C@@H](O)[C@H](O)[C@H](O)CO. The first-order valence-electron chi connectivity index (χ1n) is 13.9. The summed E-state index contributed by atoms with van der Waals surface area (Å²) in [5, 5.41) is 56.5. The number of rotatable bonds is 22. The van der Waals surface area contributed by atoms with Gasteiger partial charge in [0, 0.05) is 6.54 Å². The van der Waals surface area contributed by atoms with Gasteiger partial charge in [-0.05, 0) is 52.0 Å². The van der Waals surface area contributed by atoms with Crippen LogP contribution < -0.4 is 5.32 Å². The molecule has 0 saturated heterocycles. The maximum absolute atomic E-state index is 10.9. The predicted molar refractivity (Wildman–Crippen MR) is 150 cm³/mol. The molecule has 0 aliphatic rings. The molecule has 8 nitrogen and oxygen atoms in total. The van der Waals surface area contributed by atoms with Crippen LogP contribution in [0.5, 0.6) is 0 Å². The van der Waals surface area contributed by atoms with Crippen LogP contribution in [0.4, 0.5) is 0 Å². The van der Waals surface area contributed by atoms with Gasteiger partial charge in [0.1, 0.15) is 18.3 Å². The van der Waals surface area contributed by atoms with Crippen LogP contribution in [-0.2, 0) is 4.79 Å². The molecule has 1 unspecified atom stereocenters. The fraction of sp³-hybridized carbons (Fsp3) is 0.759. The summed E-state index contributed by atoms with van der Waals surface area (Å²) in [6.45, 7) is 3.55. The minimum Gasteiger partial charge on any atom is -0.481 e. The van der Waals surface area contributed by atoms with Gasteiger partial charge in [0.05, 0.1) is 18.6 Å². The van der Waals surface area contributed by atoms with E-state index in [2.05, 4.69) is 48.7 Å². The number of nitrogens with one attached hydrogen (secondary N) is 1. The molecule has 0 saturated carbocycles. The lowest BCUT2D eigenvalue weighted by atomic mass is 9.98. The number of aliphatic hydroxyl groups excluding tert-OH is 5. The van der Waals surface area contributed by atoms with Crippen molar-refractivity contribution in [1.29, 1.82) is 0 Å². The number of likely N-dealkylation sites (N-methyl/N-ethyl adjacent to an activating group) is 1. The Kier molecular flexibility index (Phi) is 27.9. The van der Waals surface area contributed by atoms with E-state index in [1.54, 1.807) is 7.05 Å². The molecule has 218 valence electrons. The van der Waals surface area contributed by atoms with E-state index in [0.717, 1.165) is 38.5 Å². The van der Waals surface area contributed by atoms with Crippen molar-refractivity contribution < 1.29 is 35.4 Å². The Morgan fingerprint density at radius 2 is 1.27 bits per heavy atom. The third-order valence-corrected chi connectivity index (χ3v) is 6.03. The lowest BCUT2D eigenvalue weighted by Gasteiger charge is -2.25. The van der Waals surface area contributed by atoms with Crippen molar-refractivity contribution in [2.24, 2.45) is 5.92 Å². The minimum atomic E-state index is -1.55. The number of allylic oxidation sites excluding steroid dienone is 6. The Bertz CT molecular complexity index is 595. The van der Waals surface area contributed by atoms with Crippen LogP contribution in [0.15, 0.2) is 36.5 Å². The van der Waals surface area contributed by atoms with Crippen LogP contribution in [0.1, 0.15) is 90.9 Å². The molecule has 0 aliphatic carbocycles. The van der Waals surface area contributed by atoms with Crippen molar-refractivity contribution in [1.82, 2.24) is 5.32 Å². The third-order valence-electron chi connectivity index (χ3n) is 6.03. The topological polar surface area (TPSA) is 150 Å². The first-order chi connectivity index (χ1) is 17.8. The molecule has 0 fully saturated rings. The zero-order valence-electron chi connectivity index (χ0n) is 23.3. The van der Waals surface area contributed by atoms with Gasteiger partial charge in [-0.1, -0.05) is 82.4 Å². The Labute approximate surface area is 224 Å². The highest BCUT2D eigenvalue weighted by Gasteiger charge is 2.29. The van der Waals surface area contributed by atoms with Crippen LogP contribution in [-0.4, -0.2) is 81.2 Å². The lowest BCUT2D eigenvalue weighted by molar-refractivity contribution is -0.142. The van der Waals surface area contributed by atoms with Crippen LogP contribution >= 0.6 is 0 Å². The monoisotopic (exact) mass is 529 g/mol. The first-order valence-corrected chi connectivity index (χ1v) is 13.9. The normalized spacial score (nSPS) is 16.0. The second-order valence-corrected chi connectivity index (χ2v) is 9.29. The second-order valence-electron chi connectivity index (χ2n) is 9.29. The number of aliphatic carboxylic acids is 1. The molecule has 0 radical (unpaired) electrons. The largest absolute Gasteiger partial charge is 0.481 e. The maximum Gasteiger partial charge on any atom is 0.306 e. The highest BCUT2D eigenvalue weighted by molar-refractivity contribution is 5.69. The minimum absolute atomic E-state index is 0.0936. The number of aliphatic hydroxyl groups is 5. The van der Waals surface area contributed by atoms with Crippen molar-refractivity contribution in [2.75, 3.05) is 20.2 Å². The fourth-order valence-corrected chi connectivity index (χ4v) is 3.58. The Morgan fingerprint density at radius 3 is 1.78 bits per heavy atom. The summed E-state index contributed by atoms with van der Waals surface area (Å²) in [5.41, 5.74) is 0. The zero-order chi connectivity index (χ0) is 28.3. The lowest BCUT2D eigenvalue weighted by Crippen LogP contribution is -2.48. The summed E-state index contributed by atoms with van der Waals surface area (Å²) >= 11 is 0. The summed E-state index contributed by atoms with van der Waals surface area (Å²) in [6.07, 6.45) is 21.1. The van der Waals surface area contributed by atoms with Gasteiger partial charge in [-0.3, -0.25) is 4.79 Å². The van der Waals surface area contributed by atoms with E-state index in [0.29, 0.717) is 0 Å². The van der Waals surface area contributed by atoms with Gasteiger partial charge in [-0.2, -0.15) is 0 Å². The summed E-state index contributed by atoms with van der Waals surface area (Å²) < 4.78 is 0. The van der Waals surface area contributed by atoms with Gasteiger partial charge in [0.25, 0.3) is 0 Å². The van der Waals surface area contributed by atoms with Crippen molar-refractivity contribution in [3.63, 3.8) is 0 Å². The van der Waals surface area contributed by atoms with E-state index in [1.807, 2.05) is 6.92 Å². The van der Waals surface area contributed by atoms with Crippen molar-refractivity contribution in [3.05, 3.63) is 36.5 Å². The van der Waals surface area contributed by atoms with Gasteiger partial charge < -0.3 is 36.0 Å². The molecule has 37 heavy (non-hydrogen) atoms. The van der Waals surface area contributed by atoms with E-state index >= 15 is 0 Å². The van der Waals surface area contributed by atoms with Crippen molar-refractivity contribution in [2.45, 2.75) is 115 Å². The number of carbonyl (C=O) groups is 1. The number of hydrogen-bond donors (Lipinski definition) is 7. The van der Waals surface area contributed by atoms with Crippen LogP contribution in [0.3, 0.4) is 0 Å². The predicted octanol–water partition coefficient (Wildman–Crippen LogP) is 3.72. The average molecular weight is 530 g/mol. The van der Waals surface area contributed by atoms with E-state index in [1.165, 1.54) is 38.5 Å². The molecule has 0 heterocycles. The third kappa shape index (κ3) is 23.3. The van der Waals surface area contributed by atoms with E-state index < -0.39 is 37.0 Å².